The van der Waals surface area contributed by atoms with Gasteiger partial charge in [-0.2, -0.15) is 0 Å². The topological polar surface area (TPSA) is 66.5 Å². The third-order valence-electron chi connectivity index (χ3n) is 4.43. The third kappa shape index (κ3) is 3.61. The Morgan fingerprint density at radius 3 is 2.50 bits per heavy atom. The number of sulfonamides is 1. The van der Waals surface area contributed by atoms with Crippen molar-refractivity contribution in [1.29, 1.82) is 0 Å². The summed E-state index contributed by atoms with van der Waals surface area (Å²) >= 11 is 0. The lowest BCUT2D eigenvalue weighted by molar-refractivity contribution is -0.117. The molecule has 2 aromatic rings. The zero-order chi connectivity index (χ0) is 19.1. The van der Waals surface area contributed by atoms with Crippen LogP contribution in [0.1, 0.15) is 17.5 Å². The van der Waals surface area contributed by atoms with Crippen molar-refractivity contribution < 1.29 is 22.0 Å². The Morgan fingerprint density at radius 2 is 1.81 bits per heavy atom. The summed E-state index contributed by atoms with van der Waals surface area (Å²) in [5.41, 5.74) is 2.78. The minimum absolute atomic E-state index is 0.0525. The molecule has 138 valence electrons. The first-order valence-corrected chi connectivity index (χ1v) is 9.51. The maximum atomic E-state index is 13.8. The Morgan fingerprint density at radius 1 is 1.08 bits per heavy atom. The van der Waals surface area contributed by atoms with E-state index in [0.29, 0.717) is 11.8 Å². The molecule has 2 aromatic carbocycles. The van der Waals surface area contributed by atoms with E-state index < -0.39 is 32.6 Å². The van der Waals surface area contributed by atoms with E-state index in [1.54, 1.807) is 6.07 Å². The first-order chi connectivity index (χ1) is 12.2. The minimum Gasteiger partial charge on any atom is -0.311 e. The second kappa shape index (κ2) is 6.77. The summed E-state index contributed by atoms with van der Waals surface area (Å²) in [7, 11) is -4.28. The summed E-state index contributed by atoms with van der Waals surface area (Å²) < 4.78 is 54.1. The normalized spacial score (nSPS) is 17.8. The van der Waals surface area contributed by atoms with Gasteiger partial charge in [0, 0.05) is 24.7 Å². The molecule has 1 N–H and O–H groups in total. The number of carbonyl (C=O) groups excluding carboxylic acids is 1. The quantitative estimate of drug-likeness (QED) is 0.887. The first kappa shape index (κ1) is 18.5. The summed E-state index contributed by atoms with van der Waals surface area (Å²) in [6.45, 7) is 4.00. The van der Waals surface area contributed by atoms with Crippen LogP contribution in [0.2, 0.25) is 0 Å². The molecule has 0 spiro atoms. The van der Waals surface area contributed by atoms with E-state index in [-0.39, 0.29) is 18.9 Å². The number of hydrogen-bond acceptors (Lipinski definition) is 3. The van der Waals surface area contributed by atoms with Gasteiger partial charge in [0.1, 0.15) is 16.5 Å². The fourth-order valence-electron chi connectivity index (χ4n) is 2.90. The third-order valence-corrected chi connectivity index (χ3v) is 5.97. The number of rotatable bonds is 4. The van der Waals surface area contributed by atoms with Gasteiger partial charge in [-0.05, 0) is 55.3 Å². The average Bonchev–Trinajstić information content (AvgIpc) is 2.92. The maximum Gasteiger partial charge on any atom is 0.243 e. The predicted molar refractivity (Wildman–Crippen MR) is 93.4 cm³/mol. The Labute approximate surface area is 150 Å². The van der Waals surface area contributed by atoms with Crippen molar-refractivity contribution in [2.24, 2.45) is 0 Å². The highest BCUT2D eigenvalue weighted by Crippen LogP contribution is 2.25. The highest BCUT2D eigenvalue weighted by atomic mass is 32.2. The Hall–Kier alpha value is -2.32. The van der Waals surface area contributed by atoms with E-state index in [1.165, 1.54) is 4.90 Å². The molecule has 3 rings (SSSR count). The van der Waals surface area contributed by atoms with E-state index >= 15 is 0 Å². The van der Waals surface area contributed by atoms with Gasteiger partial charge in [-0.25, -0.2) is 21.9 Å². The fraction of sp³-hybridized carbons (Fsp3) is 0.278. The van der Waals surface area contributed by atoms with Crippen LogP contribution in [0.15, 0.2) is 41.3 Å². The summed E-state index contributed by atoms with van der Waals surface area (Å²) in [4.78, 5) is 13.0. The van der Waals surface area contributed by atoms with E-state index in [1.807, 2.05) is 26.0 Å². The number of nitrogens with one attached hydrogen (secondary N) is 1. The predicted octanol–water partition coefficient (Wildman–Crippen LogP) is 2.67. The van der Waals surface area contributed by atoms with Gasteiger partial charge in [0.2, 0.25) is 15.9 Å². The minimum atomic E-state index is -4.28. The molecule has 1 heterocycles. The molecular weight excluding hydrogens is 362 g/mol. The molecule has 0 aliphatic carbocycles. The summed E-state index contributed by atoms with van der Waals surface area (Å²) in [6, 6.07) is 7.03. The summed E-state index contributed by atoms with van der Waals surface area (Å²) in [5.74, 6) is -2.14. The lowest BCUT2D eigenvalue weighted by Crippen LogP contribution is -2.37. The molecule has 0 aromatic heterocycles. The van der Waals surface area contributed by atoms with E-state index in [4.69, 9.17) is 0 Å². The number of carbonyl (C=O) groups is 1. The van der Waals surface area contributed by atoms with Gasteiger partial charge in [0.25, 0.3) is 0 Å². The van der Waals surface area contributed by atoms with Gasteiger partial charge >= 0.3 is 0 Å². The molecule has 0 radical (unpaired) electrons. The number of halogens is 2. The van der Waals surface area contributed by atoms with Gasteiger partial charge in [-0.3, -0.25) is 4.79 Å². The van der Waals surface area contributed by atoms with E-state index in [9.17, 15) is 22.0 Å². The van der Waals surface area contributed by atoms with Crippen LogP contribution < -0.4 is 9.62 Å². The van der Waals surface area contributed by atoms with Crippen molar-refractivity contribution >= 4 is 21.6 Å². The molecule has 0 saturated carbocycles. The molecular formula is C18H18F2N2O3S. The highest BCUT2D eigenvalue weighted by molar-refractivity contribution is 7.89. The largest absolute Gasteiger partial charge is 0.311 e. The number of nitrogens with zero attached hydrogens (tertiary/aromatic N) is 1. The van der Waals surface area contributed by atoms with Crippen molar-refractivity contribution in [1.82, 2.24) is 4.72 Å². The molecule has 0 unspecified atom stereocenters. The maximum absolute atomic E-state index is 13.8. The highest BCUT2D eigenvalue weighted by Gasteiger charge is 2.34. The van der Waals surface area contributed by atoms with Crippen LogP contribution in [-0.4, -0.2) is 26.9 Å². The Balaban J connectivity index is 1.80. The molecule has 1 fully saturated rings. The van der Waals surface area contributed by atoms with Crippen molar-refractivity contribution in [3.63, 3.8) is 0 Å². The number of hydrogen-bond donors (Lipinski definition) is 1. The molecule has 5 nitrogen and oxygen atoms in total. The SMILES string of the molecule is Cc1ccc(N2C[C@@H](NS(=O)(=O)c3cc(F)ccc3F)CC2=O)cc1C. The molecule has 1 atom stereocenters. The molecule has 1 aliphatic rings. The molecule has 1 saturated heterocycles. The number of anilines is 1. The monoisotopic (exact) mass is 380 g/mol. The zero-order valence-electron chi connectivity index (χ0n) is 14.3. The molecule has 1 amide bonds. The second-order valence-corrected chi connectivity index (χ2v) is 8.05. The van der Waals surface area contributed by atoms with Gasteiger partial charge in [0.15, 0.2) is 0 Å². The lowest BCUT2D eigenvalue weighted by atomic mass is 10.1. The summed E-state index contributed by atoms with van der Waals surface area (Å²) in [6.07, 6.45) is -0.0525. The standard InChI is InChI=1S/C18H18F2N2O3S/c1-11-3-5-15(7-12(11)2)22-10-14(9-18(22)23)21-26(24,25)17-8-13(19)4-6-16(17)20/h3-8,14,21H,9-10H2,1-2H3/t14-/m0/s1. The van der Waals surface area contributed by atoms with Crippen molar-refractivity contribution in [3.05, 3.63) is 59.2 Å². The summed E-state index contributed by atoms with van der Waals surface area (Å²) in [5, 5.41) is 0. The number of amides is 1. The molecule has 26 heavy (non-hydrogen) atoms. The van der Waals surface area contributed by atoms with Gasteiger partial charge < -0.3 is 4.90 Å². The van der Waals surface area contributed by atoms with Crippen LogP contribution in [0, 0.1) is 25.5 Å². The fourth-order valence-corrected chi connectivity index (χ4v) is 4.21. The van der Waals surface area contributed by atoms with E-state index in [2.05, 4.69) is 4.72 Å². The second-order valence-electron chi connectivity index (χ2n) is 6.37. The van der Waals surface area contributed by atoms with Crippen LogP contribution in [-0.2, 0) is 14.8 Å². The lowest BCUT2D eigenvalue weighted by Gasteiger charge is -2.18. The van der Waals surface area contributed by atoms with Crippen LogP contribution in [0.5, 0.6) is 0 Å². The van der Waals surface area contributed by atoms with Crippen LogP contribution >= 0.6 is 0 Å². The van der Waals surface area contributed by atoms with Crippen LogP contribution in [0.4, 0.5) is 14.5 Å². The van der Waals surface area contributed by atoms with Gasteiger partial charge in [-0.15, -0.1) is 0 Å². The number of benzene rings is 2. The Bertz CT molecular complexity index is 976. The molecule has 1 aliphatic heterocycles. The van der Waals surface area contributed by atoms with Crippen molar-refractivity contribution in [3.8, 4) is 0 Å². The average molecular weight is 380 g/mol. The molecule has 8 heteroatoms. The molecule has 0 bridgehead atoms. The van der Waals surface area contributed by atoms with E-state index in [0.717, 1.165) is 23.3 Å². The van der Waals surface area contributed by atoms with Crippen molar-refractivity contribution in [2.45, 2.75) is 31.2 Å². The number of aryl methyl sites for hydroxylation is 2. The van der Waals surface area contributed by atoms with Gasteiger partial charge in [0.05, 0.1) is 0 Å². The smallest absolute Gasteiger partial charge is 0.243 e. The zero-order valence-corrected chi connectivity index (χ0v) is 15.1. The Kier molecular flexibility index (Phi) is 4.81. The van der Waals surface area contributed by atoms with Crippen molar-refractivity contribution in [2.75, 3.05) is 11.4 Å². The van der Waals surface area contributed by atoms with Crippen LogP contribution in [0.3, 0.4) is 0 Å². The van der Waals surface area contributed by atoms with Crippen LogP contribution in [0.25, 0.3) is 0 Å². The first-order valence-electron chi connectivity index (χ1n) is 8.02. The van der Waals surface area contributed by atoms with Gasteiger partial charge in [-0.1, -0.05) is 6.07 Å².